The Kier molecular flexibility index (Phi) is 9.11. The summed E-state index contributed by atoms with van der Waals surface area (Å²) < 4.78 is 12.1. The number of rotatable bonds is 14. The third-order valence-electron chi connectivity index (χ3n) is 6.23. The van der Waals surface area contributed by atoms with Crippen molar-refractivity contribution in [1.82, 2.24) is 0 Å². The maximum Gasteiger partial charge on any atom is 0.126 e. The van der Waals surface area contributed by atoms with Gasteiger partial charge >= 0.3 is 0 Å². The lowest BCUT2D eigenvalue weighted by Gasteiger charge is -2.20. The van der Waals surface area contributed by atoms with Crippen molar-refractivity contribution in [3.05, 3.63) is 59.2 Å². The Hall–Kier alpha value is -1.96. The Morgan fingerprint density at radius 1 is 0.833 bits per heavy atom. The van der Waals surface area contributed by atoms with Crippen LogP contribution in [0.5, 0.6) is 11.5 Å². The smallest absolute Gasteiger partial charge is 0.126 e. The number of benzene rings is 2. The quantitative estimate of drug-likeness (QED) is 0.294. The van der Waals surface area contributed by atoms with Crippen LogP contribution in [-0.2, 0) is 6.42 Å². The molecular formula is C28H40O2. The molecule has 1 aliphatic rings. The van der Waals surface area contributed by atoms with Crippen LogP contribution in [0.3, 0.4) is 0 Å². The molecule has 2 heteroatoms. The second-order valence-corrected chi connectivity index (χ2v) is 8.76. The third kappa shape index (κ3) is 6.79. The Bertz CT molecular complexity index is 721. The van der Waals surface area contributed by atoms with Crippen molar-refractivity contribution in [2.24, 2.45) is 0 Å². The molecule has 1 aliphatic carbocycles. The van der Waals surface area contributed by atoms with E-state index in [9.17, 15) is 0 Å². The summed E-state index contributed by atoms with van der Waals surface area (Å²) in [6.07, 6.45) is 11.6. The van der Waals surface area contributed by atoms with Crippen LogP contribution in [0.4, 0.5) is 0 Å². The zero-order valence-electron chi connectivity index (χ0n) is 19.3. The van der Waals surface area contributed by atoms with Crippen LogP contribution >= 0.6 is 0 Å². The van der Waals surface area contributed by atoms with E-state index in [-0.39, 0.29) is 0 Å². The van der Waals surface area contributed by atoms with Crippen LogP contribution < -0.4 is 9.47 Å². The summed E-state index contributed by atoms with van der Waals surface area (Å²) in [5, 5.41) is 0. The first-order valence-corrected chi connectivity index (χ1v) is 12.2. The van der Waals surface area contributed by atoms with Gasteiger partial charge in [0.1, 0.15) is 11.5 Å². The van der Waals surface area contributed by atoms with Crippen LogP contribution in [0.25, 0.3) is 0 Å². The highest BCUT2D eigenvalue weighted by Gasteiger charge is 2.31. The molecule has 0 aliphatic heterocycles. The third-order valence-corrected chi connectivity index (χ3v) is 6.23. The fourth-order valence-electron chi connectivity index (χ4n) is 4.35. The fourth-order valence-corrected chi connectivity index (χ4v) is 4.35. The highest BCUT2D eigenvalue weighted by Crippen LogP contribution is 2.50. The standard InChI is InChI=1S/C28H40O2/c1-4-29-26-20-25(21-27(30-5-2)28(26)24-18-19-24)22(3)14-10-7-6-8-11-15-23-16-12-9-13-17-23/h9,12-13,16-17,20-22,24H,4-8,10-11,14-15,18-19H2,1-3H3/t22-/m0/s1. The fraction of sp³-hybridized carbons (Fsp3) is 0.571. The molecule has 0 heterocycles. The molecule has 30 heavy (non-hydrogen) atoms. The minimum absolute atomic E-state index is 0.543. The molecule has 1 atom stereocenters. The Morgan fingerprint density at radius 3 is 2.03 bits per heavy atom. The topological polar surface area (TPSA) is 18.5 Å². The van der Waals surface area contributed by atoms with Crippen molar-refractivity contribution in [3.63, 3.8) is 0 Å². The lowest BCUT2D eigenvalue weighted by Crippen LogP contribution is -2.04. The highest BCUT2D eigenvalue weighted by atomic mass is 16.5. The van der Waals surface area contributed by atoms with E-state index in [0.29, 0.717) is 25.0 Å². The van der Waals surface area contributed by atoms with Crippen LogP contribution in [0, 0.1) is 0 Å². The largest absolute Gasteiger partial charge is 0.493 e. The molecule has 3 rings (SSSR count). The van der Waals surface area contributed by atoms with Gasteiger partial charge in [0.15, 0.2) is 0 Å². The van der Waals surface area contributed by atoms with Crippen LogP contribution in [0.2, 0.25) is 0 Å². The first-order valence-electron chi connectivity index (χ1n) is 12.2. The number of hydrogen-bond acceptors (Lipinski definition) is 2. The van der Waals surface area contributed by atoms with Gasteiger partial charge in [-0.2, -0.15) is 0 Å². The van der Waals surface area contributed by atoms with E-state index in [0.717, 1.165) is 11.5 Å². The minimum atomic E-state index is 0.543. The van der Waals surface area contributed by atoms with Crippen molar-refractivity contribution in [2.75, 3.05) is 13.2 Å². The van der Waals surface area contributed by atoms with Crippen molar-refractivity contribution < 1.29 is 9.47 Å². The predicted molar refractivity (Wildman–Crippen MR) is 127 cm³/mol. The van der Waals surface area contributed by atoms with Crippen molar-refractivity contribution in [3.8, 4) is 11.5 Å². The van der Waals surface area contributed by atoms with Crippen LogP contribution in [0.1, 0.15) is 101 Å². The molecule has 2 aromatic rings. The molecule has 1 fully saturated rings. The zero-order chi connectivity index (χ0) is 21.2. The van der Waals surface area contributed by atoms with E-state index in [2.05, 4.69) is 63.2 Å². The molecule has 0 radical (unpaired) electrons. The highest BCUT2D eigenvalue weighted by molar-refractivity contribution is 5.52. The van der Waals surface area contributed by atoms with E-state index in [1.807, 2.05) is 0 Å². The van der Waals surface area contributed by atoms with Crippen LogP contribution in [0.15, 0.2) is 42.5 Å². The van der Waals surface area contributed by atoms with Crippen molar-refractivity contribution in [2.45, 2.75) is 90.4 Å². The number of unbranched alkanes of at least 4 members (excludes halogenated alkanes) is 4. The van der Waals surface area contributed by atoms with Gasteiger partial charge < -0.3 is 9.47 Å². The second kappa shape index (κ2) is 12.0. The molecule has 2 nitrogen and oxygen atoms in total. The monoisotopic (exact) mass is 408 g/mol. The molecule has 0 aromatic heterocycles. The minimum Gasteiger partial charge on any atom is -0.493 e. The van der Waals surface area contributed by atoms with Gasteiger partial charge in [-0.15, -0.1) is 0 Å². The molecule has 2 aromatic carbocycles. The number of hydrogen-bond donors (Lipinski definition) is 0. The van der Waals surface area contributed by atoms with Crippen molar-refractivity contribution in [1.29, 1.82) is 0 Å². The summed E-state index contributed by atoms with van der Waals surface area (Å²) in [7, 11) is 0. The lowest BCUT2D eigenvalue weighted by atomic mass is 9.92. The molecule has 0 N–H and O–H groups in total. The maximum atomic E-state index is 6.04. The molecule has 0 spiro atoms. The zero-order valence-corrected chi connectivity index (χ0v) is 19.3. The molecule has 0 amide bonds. The van der Waals surface area contributed by atoms with E-state index in [1.54, 1.807) is 0 Å². The molecule has 0 unspecified atom stereocenters. The number of ether oxygens (including phenoxy) is 2. The molecular weight excluding hydrogens is 368 g/mol. The average molecular weight is 409 g/mol. The summed E-state index contributed by atoms with van der Waals surface area (Å²) in [5.41, 5.74) is 4.15. The average Bonchev–Trinajstić information content (AvgIpc) is 3.59. The van der Waals surface area contributed by atoms with E-state index >= 15 is 0 Å². The molecule has 0 saturated heterocycles. The van der Waals surface area contributed by atoms with Gasteiger partial charge in [-0.25, -0.2) is 0 Å². The van der Waals surface area contributed by atoms with Crippen LogP contribution in [-0.4, -0.2) is 13.2 Å². The first-order chi connectivity index (χ1) is 14.7. The van der Waals surface area contributed by atoms with E-state index in [1.165, 1.54) is 74.5 Å². The number of aryl methyl sites for hydroxylation is 1. The molecule has 164 valence electrons. The van der Waals surface area contributed by atoms with Gasteiger partial charge in [0.05, 0.1) is 13.2 Å². The molecule has 0 bridgehead atoms. The lowest BCUT2D eigenvalue weighted by molar-refractivity contribution is 0.315. The summed E-state index contributed by atoms with van der Waals surface area (Å²) in [4.78, 5) is 0. The normalized spacial score (nSPS) is 14.5. The maximum absolute atomic E-state index is 6.04. The van der Waals surface area contributed by atoms with Gasteiger partial charge in [-0.3, -0.25) is 0 Å². The Morgan fingerprint density at radius 2 is 1.43 bits per heavy atom. The summed E-state index contributed by atoms with van der Waals surface area (Å²) >= 11 is 0. The van der Waals surface area contributed by atoms with Gasteiger partial charge in [0.25, 0.3) is 0 Å². The SMILES string of the molecule is CCOc1cc([C@@H](C)CCCCCCCc2ccccc2)cc(OCC)c1C1CC1. The van der Waals surface area contributed by atoms with E-state index < -0.39 is 0 Å². The summed E-state index contributed by atoms with van der Waals surface area (Å²) in [5.74, 6) is 3.30. The van der Waals surface area contributed by atoms with E-state index in [4.69, 9.17) is 9.47 Å². The summed E-state index contributed by atoms with van der Waals surface area (Å²) in [6, 6.07) is 15.4. The first kappa shape index (κ1) is 22.7. The van der Waals surface area contributed by atoms with Gasteiger partial charge in [-0.1, -0.05) is 62.9 Å². The summed E-state index contributed by atoms with van der Waals surface area (Å²) in [6.45, 7) is 7.93. The Balaban J connectivity index is 1.46. The molecule has 1 saturated carbocycles. The van der Waals surface area contributed by atoms with Gasteiger partial charge in [0, 0.05) is 5.56 Å². The van der Waals surface area contributed by atoms with Gasteiger partial charge in [0.2, 0.25) is 0 Å². The van der Waals surface area contributed by atoms with Gasteiger partial charge in [-0.05, 0) is 81.0 Å². The second-order valence-electron chi connectivity index (χ2n) is 8.76. The predicted octanol–water partition coefficient (Wildman–Crippen LogP) is 8.05. The van der Waals surface area contributed by atoms with Crippen molar-refractivity contribution >= 4 is 0 Å². The Labute approximate surface area is 184 Å².